The number of hydrogen-bond acceptors (Lipinski definition) is 5. The van der Waals surface area contributed by atoms with Gasteiger partial charge in [0.05, 0.1) is 34.0 Å². The van der Waals surface area contributed by atoms with E-state index in [4.69, 9.17) is 27.9 Å². The largest absolute Gasteiger partial charge is 0.497 e. The van der Waals surface area contributed by atoms with Crippen molar-refractivity contribution in [3.63, 3.8) is 0 Å². The Morgan fingerprint density at radius 3 is 2.47 bits per heavy atom. The Labute approximate surface area is 196 Å². The van der Waals surface area contributed by atoms with Crippen LogP contribution < -0.4 is 14.5 Å². The standard InChI is InChI=1S/C22H19Cl2N3O4S/c1-31-18-7-5-6-17(13-18)27(32(29,30)19-8-3-2-4-9-19)15-22(28)26-25-14-16-10-11-20(23)21(24)12-16/h2-14H,15H2,1H3,(H,26,28)/b25-14-. The first-order valence-electron chi connectivity index (χ1n) is 9.30. The highest BCUT2D eigenvalue weighted by Crippen LogP contribution is 2.27. The van der Waals surface area contributed by atoms with Crippen LogP contribution in [0.25, 0.3) is 0 Å². The number of carbonyl (C=O) groups excluding carboxylic acids is 1. The number of nitrogens with zero attached hydrogens (tertiary/aromatic N) is 2. The topological polar surface area (TPSA) is 88.1 Å². The van der Waals surface area contributed by atoms with Crippen LogP contribution in [0.4, 0.5) is 5.69 Å². The van der Waals surface area contributed by atoms with E-state index in [-0.39, 0.29) is 10.6 Å². The van der Waals surface area contributed by atoms with Crippen LogP contribution in [0.15, 0.2) is 82.8 Å². The first-order valence-corrected chi connectivity index (χ1v) is 11.5. The van der Waals surface area contributed by atoms with Crippen molar-refractivity contribution in [2.45, 2.75) is 4.90 Å². The Balaban J connectivity index is 1.84. The second-order valence-corrected chi connectivity index (χ2v) is 9.17. The predicted octanol–water partition coefficient (Wildman–Crippen LogP) is 4.35. The normalized spacial score (nSPS) is 11.3. The molecule has 3 aromatic carbocycles. The maximum atomic E-state index is 13.3. The molecular weight excluding hydrogens is 473 g/mol. The predicted molar refractivity (Wildman–Crippen MR) is 126 cm³/mol. The Kier molecular flexibility index (Phi) is 7.74. The molecule has 0 atom stereocenters. The van der Waals surface area contributed by atoms with E-state index in [0.29, 0.717) is 21.4 Å². The third kappa shape index (κ3) is 5.79. The number of carbonyl (C=O) groups is 1. The van der Waals surface area contributed by atoms with E-state index in [2.05, 4.69) is 10.5 Å². The van der Waals surface area contributed by atoms with E-state index in [1.165, 1.54) is 31.5 Å². The summed E-state index contributed by atoms with van der Waals surface area (Å²) in [6.45, 7) is -0.497. The first kappa shape index (κ1) is 23.6. The lowest BCUT2D eigenvalue weighted by Crippen LogP contribution is -2.39. The molecule has 0 fully saturated rings. The molecule has 0 saturated carbocycles. The molecule has 3 rings (SSSR count). The average molecular weight is 492 g/mol. The fraction of sp³-hybridized carbons (Fsp3) is 0.0909. The van der Waals surface area contributed by atoms with Crippen LogP contribution in [0.5, 0.6) is 5.75 Å². The monoisotopic (exact) mass is 491 g/mol. The summed E-state index contributed by atoms with van der Waals surface area (Å²) in [5, 5.41) is 4.62. The molecule has 7 nitrogen and oxygen atoms in total. The fourth-order valence-electron chi connectivity index (χ4n) is 2.74. The van der Waals surface area contributed by atoms with E-state index in [9.17, 15) is 13.2 Å². The quantitative estimate of drug-likeness (QED) is 0.374. The molecule has 0 heterocycles. The zero-order chi connectivity index (χ0) is 23.1. The summed E-state index contributed by atoms with van der Waals surface area (Å²) in [6, 6.07) is 19.1. The second kappa shape index (κ2) is 10.5. The molecule has 32 heavy (non-hydrogen) atoms. The van der Waals surface area contributed by atoms with Crippen LogP contribution >= 0.6 is 23.2 Å². The van der Waals surface area contributed by atoms with Crippen molar-refractivity contribution in [1.29, 1.82) is 0 Å². The van der Waals surface area contributed by atoms with Gasteiger partial charge in [-0.05, 0) is 42.0 Å². The summed E-state index contributed by atoms with van der Waals surface area (Å²) in [4.78, 5) is 12.6. The van der Waals surface area contributed by atoms with Crippen molar-refractivity contribution in [1.82, 2.24) is 5.43 Å². The number of hydrazone groups is 1. The highest BCUT2D eigenvalue weighted by molar-refractivity contribution is 7.92. The fourth-order valence-corrected chi connectivity index (χ4v) is 4.48. The van der Waals surface area contributed by atoms with Gasteiger partial charge < -0.3 is 4.74 Å². The van der Waals surface area contributed by atoms with Gasteiger partial charge in [-0.15, -0.1) is 0 Å². The molecular formula is C22H19Cl2N3O4S. The molecule has 1 amide bonds. The number of nitrogens with one attached hydrogen (secondary N) is 1. The second-order valence-electron chi connectivity index (χ2n) is 6.49. The number of ether oxygens (including phenoxy) is 1. The molecule has 3 aromatic rings. The molecule has 0 aromatic heterocycles. The van der Waals surface area contributed by atoms with E-state index in [1.54, 1.807) is 54.6 Å². The van der Waals surface area contributed by atoms with Crippen LogP contribution in [0.2, 0.25) is 10.0 Å². The van der Waals surface area contributed by atoms with E-state index in [0.717, 1.165) is 4.31 Å². The molecule has 0 aliphatic carbocycles. The summed E-state index contributed by atoms with van der Waals surface area (Å²) >= 11 is 11.8. The zero-order valence-corrected chi connectivity index (χ0v) is 19.2. The molecule has 0 aliphatic rings. The number of benzene rings is 3. The van der Waals surface area contributed by atoms with Gasteiger partial charge in [0.15, 0.2) is 0 Å². The van der Waals surface area contributed by atoms with Crippen LogP contribution in [0.1, 0.15) is 5.56 Å². The summed E-state index contributed by atoms with van der Waals surface area (Å²) in [7, 11) is -2.56. The SMILES string of the molecule is COc1cccc(N(CC(=O)N/N=C\c2ccc(Cl)c(Cl)c2)S(=O)(=O)c2ccccc2)c1. The van der Waals surface area contributed by atoms with Crippen molar-refractivity contribution < 1.29 is 17.9 Å². The minimum atomic E-state index is -4.03. The van der Waals surface area contributed by atoms with Crippen molar-refractivity contribution in [3.05, 3.63) is 88.4 Å². The number of amides is 1. The molecule has 10 heteroatoms. The summed E-state index contributed by atoms with van der Waals surface area (Å²) in [5.41, 5.74) is 3.22. The number of halogens is 2. The van der Waals surface area contributed by atoms with Crippen molar-refractivity contribution in [2.75, 3.05) is 18.0 Å². The lowest BCUT2D eigenvalue weighted by atomic mass is 10.2. The average Bonchev–Trinajstić information content (AvgIpc) is 2.80. The summed E-state index contributed by atoms with van der Waals surface area (Å²) in [5.74, 6) is -0.183. The van der Waals surface area contributed by atoms with E-state index in [1.807, 2.05) is 0 Å². The van der Waals surface area contributed by atoms with Crippen LogP contribution in [-0.4, -0.2) is 34.2 Å². The lowest BCUT2D eigenvalue weighted by Gasteiger charge is -2.24. The Morgan fingerprint density at radius 1 is 1.03 bits per heavy atom. The van der Waals surface area contributed by atoms with Crippen LogP contribution in [-0.2, 0) is 14.8 Å². The molecule has 0 radical (unpaired) electrons. The van der Waals surface area contributed by atoms with Crippen LogP contribution in [0.3, 0.4) is 0 Å². The summed E-state index contributed by atoms with van der Waals surface area (Å²) in [6.07, 6.45) is 1.38. The minimum Gasteiger partial charge on any atom is -0.497 e. The Bertz CT molecular complexity index is 1230. The van der Waals surface area contributed by atoms with Gasteiger partial charge in [-0.3, -0.25) is 9.10 Å². The number of anilines is 1. The van der Waals surface area contributed by atoms with Crippen molar-refractivity contribution in [2.24, 2.45) is 5.10 Å². The maximum Gasteiger partial charge on any atom is 0.264 e. The van der Waals surface area contributed by atoms with Crippen molar-refractivity contribution >= 4 is 51.0 Å². The third-order valence-corrected chi connectivity index (χ3v) is 6.83. The van der Waals surface area contributed by atoms with Gasteiger partial charge in [0.2, 0.25) is 0 Å². The smallest absolute Gasteiger partial charge is 0.264 e. The minimum absolute atomic E-state index is 0.0509. The van der Waals surface area contributed by atoms with Crippen molar-refractivity contribution in [3.8, 4) is 5.75 Å². The molecule has 0 aliphatic heterocycles. The summed E-state index contributed by atoms with van der Waals surface area (Å²) < 4.78 is 32.7. The van der Waals surface area contributed by atoms with E-state index >= 15 is 0 Å². The van der Waals surface area contributed by atoms with E-state index < -0.39 is 22.5 Å². The molecule has 0 saturated heterocycles. The molecule has 1 N–H and O–H groups in total. The highest BCUT2D eigenvalue weighted by atomic mass is 35.5. The van der Waals surface area contributed by atoms with Gasteiger partial charge in [-0.2, -0.15) is 5.10 Å². The Morgan fingerprint density at radius 2 is 1.78 bits per heavy atom. The molecule has 166 valence electrons. The number of sulfonamides is 1. The number of methoxy groups -OCH3 is 1. The number of rotatable bonds is 8. The Hall–Kier alpha value is -3.07. The van der Waals surface area contributed by atoms with Gasteiger partial charge in [0.25, 0.3) is 15.9 Å². The van der Waals surface area contributed by atoms with Gasteiger partial charge in [-0.25, -0.2) is 13.8 Å². The van der Waals surface area contributed by atoms with Gasteiger partial charge in [0, 0.05) is 6.07 Å². The molecule has 0 spiro atoms. The highest BCUT2D eigenvalue weighted by Gasteiger charge is 2.27. The molecule has 0 bridgehead atoms. The maximum absolute atomic E-state index is 13.3. The lowest BCUT2D eigenvalue weighted by molar-refractivity contribution is -0.119. The number of hydrogen-bond donors (Lipinski definition) is 1. The molecule has 0 unspecified atom stereocenters. The zero-order valence-electron chi connectivity index (χ0n) is 16.9. The van der Waals surface area contributed by atoms with Crippen LogP contribution in [0, 0.1) is 0 Å². The van der Waals surface area contributed by atoms with Gasteiger partial charge in [-0.1, -0.05) is 53.5 Å². The first-order chi connectivity index (χ1) is 15.3. The third-order valence-electron chi connectivity index (χ3n) is 4.31. The van der Waals surface area contributed by atoms with Gasteiger partial charge in [0.1, 0.15) is 12.3 Å². The van der Waals surface area contributed by atoms with Gasteiger partial charge >= 0.3 is 0 Å².